The molecule has 0 unspecified atom stereocenters. The standard InChI is InChI=1S/C75H47N5O/c1-2-22-55(23-3-1)79-65-29-12-10-25-58(65)60-39-38-54(43-67(60)79)74-76-73(53-37-32-46-16-4-5-18-50(46)40-53)77-75(78-74)61-28-15-31-70-72(61)64-44-62(49-35-33-48(34-36-49)57-27-14-21-47-17-8-9-24-56(47)57)69(45-71(64)81-70)80-66-30-13-11-26-59(66)63-41-51-19-6-7-20-52(51)42-68(63)80/h1-6,8-19,21-45H,7,20H2. The van der Waals surface area contributed by atoms with Crippen LogP contribution >= 0.6 is 0 Å². The molecule has 17 rings (SSSR count). The summed E-state index contributed by atoms with van der Waals surface area (Å²) in [5.74, 6) is 1.73. The van der Waals surface area contributed by atoms with E-state index in [1.165, 1.54) is 54.7 Å². The second kappa shape index (κ2) is 17.9. The van der Waals surface area contributed by atoms with Crippen molar-refractivity contribution < 1.29 is 4.42 Å². The highest BCUT2D eigenvalue weighted by molar-refractivity contribution is 6.16. The molecule has 0 radical (unpaired) electrons. The minimum atomic E-state index is 0.562. The molecule has 16 aromatic rings. The van der Waals surface area contributed by atoms with E-state index in [0.29, 0.717) is 17.5 Å². The zero-order chi connectivity index (χ0) is 53.1. The quantitative estimate of drug-likeness (QED) is 0.160. The highest BCUT2D eigenvalue weighted by Gasteiger charge is 2.24. The van der Waals surface area contributed by atoms with Crippen molar-refractivity contribution in [3.05, 3.63) is 266 Å². The van der Waals surface area contributed by atoms with Gasteiger partial charge in [-0.1, -0.05) is 194 Å². The van der Waals surface area contributed by atoms with E-state index in [-0.39, 0.29) is 0 Å². The van der Waals surface area contributed by atoms with Crippen LogP contribution in [0.5, 0.6) is 0 Å². The van der Waals surface area contributed by atoms with Gasteiger partial charge in [-0.25, -0.2) is 15.0 Å². The summed E-state index contributed by atoms with van der Waals surface area (Å²) in [6, 6.07) is 89.5. The van der Waals surface area contributed by atoms with Crippen molar-refractivity contribution in [1.29, 1.82) is 0 Å². The van der Waals surface area contributed by atoms with Crippen molar-refractivity contribution in [2.75, 3.05) is 0 Å². The Kier molecular flexibility index (Phi) is 10.0. The number of hydrogen-bond donors (Lipinski definition) is 0. The fourth-order valence-corrected chi connectivity index (χ4v) is 13.0. The molecule has 0 fully saturated rings. The predicted molar refractivity (Wildman–Crippen MR) is 335 cm³/mol. The zero-order valence-corrected chi connectivity index (χ0v) is 43.9. The van der Waals surface area contributed by atoms with Gasteiger partial charge in [-0.05, 0) is 123 Å². The molecule has 0 saturated carbocycles. The molecule has 0 spiro atoms. The third kappa shape index (κ3) is 7.24. The molecule has 0 N–H and O–H groups in total. The van der Waals surface area contributed by atoms with Crippen molar-refractivity contribution in [1.82, 2.24) is 24.1 Å². The molecule has 6 nitrogen and oxygen atoms in total. The summed E-state index contributed by atoms with van der Waals surface area (Å²) in [5.41, 5.74) is 18.1. The van der Waals surface area contributed by atoms with Gasteiger partial charge in [0, 0.05) is 66.3 Å². The number of allylic oxidation sites excluding steroid dienone is 1. The smallest absolute Gasteiger partial charge is 0.164 e. The van der Waals surface area contributed by atoms with Crippen LogP contribution < -0.4 is 0 Å². The van der Waals surface area contributed by atoms with Gasteiger partial charge in [0.15, 0.2) is 17.5 Å². The highest BCUT2D eigenvalue weighted by atomic mass is 16.3. The lowest BCUT2D eigenvalue weighted by Crippen LogP contribution is -2.01. The maximum atomic E-state index is 7.09. The predicted octanol–water partition coefficient (Wildman–Crippen LogP) is 19.6. The number of aryl methyl sites for hydroxylation is 1. The van der Waals surface area contributed by atoms with E-state index in [4.69, 9.17) is 19.4 Å². The van der Waals surface area contributed by atoms with Crippen LogP contribution in [0.25, 0.3) is 161 Å². The normalized spacial score (nSPS) is 12.5. The largest absolute Gasteiger partial charge is 0.456 e. The van der Waals surface area contributed by atoms with Crippen LogP contribution in [0.15, 0.2) is 259 Å². The fraction of sp³-hybridized carbons (Fsp3) is 0.0267. The van der Waals surface area contributed by atoms with E-state index in [9.17, 15) is 0 Å². The van der Waals surface area contributed by atoms with E-state index in [2.05, 4.69) is 270 Å². The molecule has 0 amide bonds. The second-order valence-electron chi connectivity index (χ2n) is 21.4. The molecule has 4 aromatic heterocycles. The third-order valence-corrected chi connectivity index (χ3v) is 16.8. The van der Waals surface area contributed by atoms with E-state index in [1.807, 2.05) is 0 Å². The van der Waals surface area contributed by atoms with Gasteiger partial charge in [0.25, 0.3) is 0 Å². The Balaban J connectivity index is 0.908. The lowest BCUT2D eigenvalue weighted by molar-refractivity contribution is 0.668. The molecule has 0 aliphatic heterocycles. The maximum Gasteiger partial charge on any atom is 0.164 e. The summed E-state index contributed by atoms with van der Waals surface area (Å²) >= 11 is 0. The number of rotatable bonds is 7. The van der Waals surface area contributed by atoms with E-state index >= 15 is 0 Å². The van der Waals surface area contributed by atoms with Gasteiger partial charge in [0.2, 0.25) is 0 Å². The molecular weight excluding hydrogens is 987 g/mol. The maximum absolute atomic E-state index is 7.09. The molecule has 6 heteroatoms. The third-order valence-electron chi connectivity index (χ3n) is 16.8. The molecule has 0 atom stereocenters. The van der Waals surface area contributed by atoms with Gasteiger partial charge in [0.1, 0.15) is 11.2 Å². The monoisotopic (exact) mass is 1030 g/mol. The molecule has 0 saturated heterocycles. The molecule has 1 aliphatic rings. The number of aromatic nitrogens is 5. The fourth-order valence-electron chi connectivity index (χ4n) is 13.0. The molecule has 378 valence electrons. The SMILES string of the molecule is C1=Cc2cc3c4ccccc4n(-c4cc5oc6cccc(-c7nc(-c8ccc9ccccc9c8)nc(-c8ccc9c%10ccccc%10n(-c%10ccccc%10)c9c8)n7)c6c5cc4-c4ccc(-c5cccc6ccccc56)cc4)c3cc2CC1. The Bertz CT molecular complexity index is 5290. The highest BCUT2D eigenvalue weighted by Crippen LogP contribution is 2.45. The molecule has 0 bridgehead atoms. The summed E-state index contributed by atoms with van der Waals surface area (Å²) < 4.78 is 11.9. The second-order valence-corrected chi connectivity index (χ2v) is 21.4. The summed E-state index contributed by atoms with van der Waals surface area (Å²) in [6.07, 6.45) is 6.62. The Labute approximate surface area is 465 Å². The van der Waals surface area contributed by atoms with Gasteiger partial charge in [-0.3, -0.25) is 0 Å². The minimum absolute atomic E-state index is 0.562. The number of furan rings is 1. The Morgan fingerprint density at radius 2 is 0.951 bits per heavy atom. The van der Waals surface area contributed by atoms with Crippen molar-refractivity contribution in [3.8, 4) is 67.8 Å². The van der Waals surface area contributed by atoms with Crippen LogP contribution in [0.2, 0.25) is 0 Å². The zero-order valence-electron chi connectivity index (χ0n) is 43.9. The lowest BCUT2D eigenvalue weighted by atomic mass is 9.94. The summed E-state index contributed by atoms with van der Waals surface area (Å²) in [5, 5.41) is 11.4. The van der Waals surface area contributed by atoms with Crippen LogP contribution in [0, 0.1) is 0 Å². The van der Waals surface area contributed by atoms with Gasteiger partial charge in [-0.15, -0.1) is 0 Å². The van der Waals surface area contributed by atoms with Gasteiger partial charge in [0.05, 0.1) is 27.8 Å². The van der Waals surface area contributed by atoms with Crippen LogP contribution in [-0.4, -0.2) is 24.1 Å². The summed E-state index contributed by atoms with van der Waals surface area (Å²) in [7, 11) is 0. The first kappa shape index (κ1) is 45.3. The van der Waals surface area contributed by atoms with Gasteiger partial charge in [-0.2, -0.15) is 0 Å². The van der Waals surface area contributed by atoms with Gasteiger partial charge >= 0.3 is 0 Å². The summed E-state index contributed by atoms with van der Waals surface area (Å²) in [6.45, 7) is 0. The van der Waals surface area contributed by atoms with Crippen LogP contribution in [0.3, 0.4) is 0 Å². The number of fused-ring (bicyclic) bond motifs is 12. The lowest BCUT2D eigenvalue weighted by Gasteiger charge is -2.17. The number of benzene rings is 12. The van der Waals surface area contributed by atoms with Crippen LogP contribution in [-0.2, 0) is 6.42 Å². The van der Waals surface area contributed by atoms with Crippen molar-refractivity contribution >= 4 is 93.2 Å². The van der Waals surface area contributed by atoms with E-state index in [1.54, 1.807) is 0 Å². The van der Waals surface area contributed by atoms with Crippen molar-refractivity contribution in [2.45, 2.75) is 12.8 Å². The first-order valence-electron chi connectivity index (χ1n) is 27.8. The Morgan fingerprint density at radius 1 is 0.346 bits per heavy atom. The average Bonchev–Trinajstić information content (AvgIpc) is 4.38. The number of para-hydroxylation sites is 3. The Hall–Kier alpha value is -10.7. The van der Waals surface area contributed by atoms with Gasteiger partial charge < -0.3 is 13.6 Å². The first-order valence-corrected chi connectivity index (χ1v) is 27.8. The van der Waals surface area contributed by atoms with Crippen LogP contribution in [0.1, 0.15) is 17.5 Å². The molecular formula is C75H47N5O. The van der Waals surface area contributed by atoms with E-state index in [0.717, 1.165) is 107 Å². The van der Waals surface area contributed by atoms with Crippen LogP contribution in [0.4, 0.5) is 0 Å². The molecule has 1 aliphatic carbocycles. The topological polar surface area (TPSA) is 61.7 Å². The molecule has 81 heavy (non-hydrogen) atoms. The number of hydrogen-bond acceptors (Lipinski definition) is 4. The van der Waals surface area contributed by atoms with E-state index < -0.39 is 0 Å². The minimum Gasteiger partial charge on any atom is -0.456 e. The number of nitrogens with zero attached hydrogens (tertiary/aromatic N) is 5. The average molecular weight is 1030 g/mol. The molecule has 12 aromatic carbocycles. The first-order chi connectivity index (χ1) is 40.1. The van der Waals surface area contributed by atoms with Crippen molar-refractivity contribution in [3.63, 3.8) is 0 Å². The Morgan fingerprint density at radius 3 is 1.78 bits per heavy atom. The molecule has 4 heterocycles. The summed E-state index contributed by atoms with van der Waals surface area (Å²) in [4.78, 5) is 16.3. The van der Waals surface area contributed by atoms with Crippen molar-refractivity contribution in [2.24, 2.45) is 0 Å².